The fraction of sp³-hybridized carbons (Fsp3) is 0.391. The van der Waals surface area contributed by atoms with Crippen LogP contribution in [0.1, 0.15) is 25.0 Å². The number of pyridine rings is 1. The van der Waals surface area contributed by atoms with E-state index in [1.807, 2.05) is 0 Å². The van der Waals surface area contributed by atoms with E-state index in [1.165, 1.54) is 18.2 Å². The minimum Gasteiger partial charge on any atom is -0.489 e. The van der Waals surface area contributed by atoms with Crippen molar-refractivity contribution < 1.29 is 31.8 Å². The van der Waals surface area contributed by atoms with Gasteiger partial charge >= 0.3 is 6.18 Å². The Morgan fingerprint density at radius 1 is 1.14 bits per heavy atom. The van der Waals surface area contributed by atoms with Crippen molar-refractivity contribution in [3.63, 3.8) is 0 Å². The third kappa shape index (κ3) is 4.69. The number of hydrogen-bond acceptors (Lipinski definition) is 6. The first-order valence-corrected chi connectivity index (χ1v) is 11.1. The van der Waals surface area contributed by atoms with Crippen LogP contribution >= 0.6 is 11.6 Å². The lowest BCUT2D eigenvalue weighted by atomic mass is 9.39. The number of nitrogens with zero attached hydrogens (tertiary/aromatic N) is 3. The SMILES string of the molecule is O=C(COc1ccc(Cl)c(F)c1)NC12CC(C3=NC(COc4ccc(C(F)(F)F)nc4)C=N3)(C1)C2. The lowest BCUT2D eigenvalue weighted by molar-refractivity contribution is -0.143. The quantitative estimate of drug-likeness (QED) is 0.538. The number of carbonyl (C=O) groups excluding carboxylic acids is 1. The molecule has 1 aromatic carbocycles. The maximum Gasteiger partial charge on any atom is 0.433 e. The number of nitrogens with one attached hydrogen (secondary N) is 1. The second-order valence-electron chi connectivity index (χ2n) is 8.99. The van der Waals surface area contributed by atoms with Crippen LogP contribution in [0.25, 0.3) is 0 Å². The smallest absolute Gasteiger partial charge is 0.433 e. The zero-order valence-corrected chi connectivity index (χ0v) is 18.9. The molecule has 1 aliphatic heterocycles. The summed E-state index contributed by atoms with van der Waals surface area (Å²) in [5.74, 6) is 0.197. The van der Waals surface area contributed by atoms with Crippen LogP contribution in [0.15, 0.2) is 46.5 Å². The summed E-state index contributed by atoms with van der Waals surface area (Å²) < 4.78 is 62.1. The number of aliphatic imine (C=N–C) groups is 2. The average Bonchev–Trinajstić information content (AvgIpc) is 3.23. The van der Waals surface area contributed by atoms with Crippen LogP contribution in [0.2, 0.25) is 5.02 Å². The van der Waals surface area contributed by atoms with Crippen molar-refractivity contribution >= 4 is 29.6 Å². The predicted molar refractivity (Wildman–Crippen MR) is 119 cm³/mol. The highest BCUT2D eigenvalue weighted by Gasteiger charge is 2.71. The van der Waals surface area contributed by atoms with Crippen LogP contribution < -0.4 is 14.8 Å². The van der Waals surface area contributed by atoms with Crippen molar-refractivity contribution in [2.75, 3.05) is 13.2 Å². The lowest BCUT2D eigenvalue weighted by Gasteiger charge is -2.69. The average molecular weight is 511 g/mol. The van der Waals surface area contributed by atoms with Crippen molar-refractivity contribution in [3.8, 4) is 11.5 Å². The lowest BCUT2D eigenvalue weighted by Crippen LogP contribution is -2.77. The molecule has 1 N–H and O–H groups in total. The van der Waals surface area contributed by atoms with E-state index in [2.05, 4.69) is 20.3 Å². The van der Waals surface area contributed by atoms with E-state index in [0.717, 1.165) is 18.3 Å². The van der Waals surface area contributed by atoms with Gasteiger partial charge in [-0.3, -0.25) is 9.79 Å². The van der Waals surface area contributed by atoms with Crippen LogP contribution in [-0.4, -0.2) is 47.7 Å². The van der Waals surface area contributed by atoms with Gasteiger partial charge in [0.1, 0.15) is 41.5 Å². The first kappa shape index (κ1) is 23.5. The fourth-order valence-corrected chi connectivity index (χ4v) is 4.87. The molecule has 0 saturated heterocycles. The second kappa shape index (κ2) is 8.47. The van der Waals surface area contributed by atoms with E-state index < -0.39 is 17.7 Å². The molecule has 1 atom stereocenters. The Kier molecular flexibility index (Phi) is 5.70. The monoisotopic (exact) mass is 510 g/mol. The van der Waals surface area contributed by atoms with Crippen LogP contribution in [-0.2, 0) is 11.0 Å². The Morgan fingerprint density at radius 2 is 1.89 bits per heavy atom. The molecule has 184 valence electrons. The molecule has 2 bridgehead atoms. The topological polar surface area (TPSA) is 85.2 Å². The molecule has 1 unspecified atom stereocenters. The minimum atomic E-state index is -4.50. The molecule has 12 heteroatoms. The predicted octanol–water partition coefficient (Wildman–Crippen LogP) is 4.24. The highest BCUT2D eigenvalue weighted by molar-refractivity contribution is 6.30. The number of carbonyl (C=O) groups is 1. The van der Waals surface area contributed by atoms with Crippen LogP contribution in [0.3, 0.4) is 0 Å². The number of ether oxygens (including phenoxy) is 2. The standard InChI is InChI=1S/C23H19ClF4N4O3/c24-16-3-1-14(5-17(16)25)35-9-19(33)32-22-10-21(11-22,12-22)20-30-6-13(31-20)8-34-15-2-4-18(29-7-15)23(26,27)28/h1-7,13H,8-12H2,(H,32,33). The third-order valence-corrected chi connectivity index (χ3v) is 6.58. The van der Waals surface area contributed by atoms with Crippen molar-refractivity contribution in [2.45, 2.75) is 37.0 Å². The Morgan fingerprint density at radius 3 is 2.54 bits per heavy atom. The van der Waals surface area contributed by atoms with Gasteiger partial charge in [-0.25, -0.2) is 14.4 Å². The van der Waals surface area contributed by atoms with Gasteiger partial charge in [-0.1, -0.05) is 11.6 Å². The second-order valence-corrected chi connectivity index (χ2v) is 9.40. The van der Waals surface area contributed by atoms with Gasteiger partial charge in [0.05, 0.1) is 11.2 Å². The molecule has 2 aromatic rings. The molecule has 0 spiro atoms. The molecule has 4 aliphatic rings. The maximum absolute atomic E-state index is 13.5. The van der Waals surface area contributed by atoms with Crippen molar-refractivity contribution in [2.24, 2.45) is 15.4 Å². The normalized spacial score (nSPS) is 26.4. The van der Waals surface area contributed by atoms with Crippen molar-refractivity contribution in [1.29, 1.82) is 0 Å². The molecule has 7 nitrogen and oxygen atoms in total. The summed E-state index contributed by atoms with van der Waals surface area (Å²) in [5, 5.41) is 2.95. The van der Waals surface area contributed by atoms with Crippen molar-refractivity contribution in [1.82, 2.24) is 10.3 Å². The van der Waals surface area contributed by atoms with E-state index in [-0.39, 0.29) is 52.6 Å². The molecule has 1 aromatic heterocycles. The fourth-order valence-electron chi connectivity index (χ4n) is 4.75. The van der Waals surface area contributed by atoms with Crippen molar-refractivity contribution in [3.05, 3.63) is 53.1 Å². The summed E-state index contributed by atoms with van der Waals surface area (Å²) in [5.41, 5.74) is -1.48. The zero-order valence-electron chi connectivity index (χ0n) is 18.1. The highest BCUT2D eigenvalue weighted by Crippen LogP contribution is 2.68. The Hall–Kier alpha value is -3.21. The zero-order chi connectivity index (χ0) is 24.8. The molecule has 3 saturated carbocycles. The summed E-state index contributed by atoms with van der Waals surface area (Å²) in [6.45, 7) is -0.117. The number of rotatable bonds is 8. The first-order chi connectivity index (χ1) is 16.6. The third-order valence-electron chi connectivity index (χ3n) is 6.27. The van der Waals surface area contributed by atoms with Gasteiger partial charge in [0.25, 0.3) is 5.91 Å². The van der Waals surface area contributed by atoms with Gasteiger partial charge in [0.15, 0.2) is 6.61 Å². The summed E-state index contributed by atoms with van der Waals surface area (Å²) in [4.78, 5) is 24.6. The Balaban J connectivity index is 1.07. The van der Waals surface area contributed by atoms with Crippen LogP contribution in [0, 0.1) is 11.2 Å². The van der Waals surface area contributed by atoms with Gasteiger partial charge in [0, 0.05) is 23.2 Å². The van der Waals surface area contributed by atoms with Gasteiger partial charge in [-0.2, -0.15) is 13.2 Å². The first-order valence-electron chi connectivity index (χ1n) is 10.7. The van der Waals surface area contributed by atoms with E-state index in [1.54, 1.807) is 6.21 Å². The van der Waals surface area contributed by atoms with E-state index >= 15 is 0 Å². The number of benzene rings is 1. The number of aromatic nitrogens is 1. The summed E-state index contributed by atoms with van der Waals surface area (Å²) >= 11 is 5.63. The molecular weight excluding hydrogens is 492 g/mol. The summed E-state index contributed by atoms with van der Waals surface area (Å²) in [7, 11) is 0. The highest BCUT2D eigenvalue weighted by atomic mass is 35.5. The van der Waals surface area contributed by atoms with Crippen LogP contribution in [0.5, 0.6) is 11.5 Å². The number of alkyl halides is 3. The van der Waals surface area contributed by atoms with Crippen LogP contribution in [0.4, 0.5) is 17.6 Å². The van der Waals surface area contributed by atoms with Gasteiger partial charge < -0.3 is 14.8 Å². The van der Waals surface area contributed by atoms with E-state index in [4.69, 9.17) is 21.1 Å². The molecule has 3 fully saturated rings. The minimum absolute atomic E-state index is 0.0242. The van der Waals surface area contributed by atoms with E-state index in [9.17, 15) is 22.4 Å². The number of amidine groups is 1. The molecule has 2 heterocycles. The van der Waals surface area contributed by atoms with E-state index in [0.29, 0.717) is 25.1 Å². The number of hydrogen-bond donors (Lipinski definition) is 1. The Bertz CT molecular complexity index is 1200. The molecule has 35 heavy (non-hydrogen) atoms. The largest absolute Gasteiger partial charge is 0.489 e. The van der Waals surface area contributed by atoms with Gasteiger partial charge in [0.2, 0.25) is 0 Å². The summed E-state index contributed by atoms with van der Waals surface area (Å²) in [6.07, 6.45) is 0.284. The van der Waals surface area contributed by atoms with Gasteiger partial charge in [-0.15, -0.1) is 0 Å². The molecule has 0 radical (unpaired) electrons. The Labute approximate surface area is 202 Å². The molecular formula is C23H19ClF4N4O3. The molecule has 6 rings (SSSR count). The van der Waals surface area contributed by atoms with Gasteiger partial charge in [-0.05, 0) is 43.5 Å². The number of amides is 1. The molecule has 1 amide bonds. The molecule has 3 aliphatic carbocycles. The maximum atomic E-state index is 13.5. The number of halogens is 5. The summed E-state index contributed by atoms with van der Waals surface area (Å²) in [6, 6.07) is 5.69.